The molecular formula is C23H18N2O3. The number of amides is 1. The molecule has 1 amide bonds. The Kier molecular flexibility index (Phi) is 4.05. The van der Waals surface area contributed by atoms with Crippen molar-refractivity contribution in [1.29, 1.82) is 0 Å². The van der Waals surface area contributed by atoms with Gasteiger partial charge >= 0.3 is 0 Å². The van der Waals surface area contributed by atoms with Crippen LogP contribution in [0.1, 0.15) is 33.9 Å². The van der Waals surface area contributed by atoms with Crippen LogP contribution in [0, 0.1) is 0 Å². The molecule has 2 heterocycles. The highest BCUT2D eigenvalue weighted by Gasteiger charge is 2.34. The van der Waals surface area contributed by atoms with Gasteiger partial charge in [0.15, 0.2) is 11.5 Å². The fourth-order valence-corrected chi connectivity index (χ4v) is 3.60. The summed E-state index contributed by atoms with van der Waals surface area (Å²) in [5.74, 6) is 1.32. The highest BCUT2D eigenvalue weighted by molar-refractivity contribution is 6.05. The van der Waals surface area contributed by atoms with Gasteiger partial charge in [-0.15, -0.1) is 0 Å². The molecule has 5 nitrogen and oxygen atoms in total. The molecule has 5 heteroatoms. The van der Waals surface area contributed by atoms with Crippen molar-refractivity contribution in [2.75, 3.05) is 6.79 Å². The number of benzene rings is 3. The van der Waals surface area contributed by atoms with Crippen molar-refractivity contribution in [2.45, 2.75) is 12.5 Å². The van der Waals surface area contributed by atoms with E-state index in [1.54, 1.807) is 5.01 Å². The lowest BCUT2D eigenvalue weighted by molar-refractivity contribution is 0.0711. The number of hydrazone groups is 1. The van der Waals surface area contributed by atoms with Gasteiger partial charge in [-0.1, -0.05) is 54.6 Å². The molecule has 2 aliphatic rings. The van der Waals surface area contributed by atoms with Crippen LogP contribution in [0.2, 0.25) is 0 Å². The lowest BCUT2D eigenvalue weighted by Crippen LogP contribution is -2.27. The van der Waals surface area contributed by atoms with Crippen LogP contribution in [-0.4, -0.2) is 23.4 Å². The van der Waals surface area contributed by atoms with Crippen LogP contribution < -0.4 is 9.47 Å². The number of carbonyl (C=O) groups excluding carboxylic acids is 1. The van der Waals surface area contributed by atoms with E-state index in [2.05, 4.69) is 0 Å². The van der Waals surface area contributed by atoms with Crippen LogP contribution in [0.15, 0.2) is 84.0 Å². The van der Waals surface area contributed by atoms with Gasteiger partial charge in [0.25, 0.3) is 5.91 Å². The molecule has 3 aromatic rings. The Hall–Kier alpha value is -3.60. The smallest absolute Gasteiger partial charge is 0.274 e. The van der Waals surface area contributed by atoms with E-state index in [0.29, 0.717) is 17.7 Å². The maximum atomic E-state index is 13.2. The molecule has 0 saturated heterocycles. The molecular weight excluding hydrogens is 352 g/mol. The second kappa shape index (κ2) is 6.85. The zero-order valence-electron chi connectivity index (χ0n) is 15.1. The second-order valence-electron chi connectivity index (χ2n) is 6.76. The van der Waals surface area contributed by atoms with Crippen LogP contribution in [0.4, 0.5) is 0 Å². The number of fused-ring (bicyclic) bond motifs is 1. The maximum Gasteiger partial charge on any atom is 0.274 e. The normalized spacial score (nSPS) is 17.5. The first-order chi connectivity index (χ1) is 13.8. The van der Waals surface area contributed by atoms with Gasteiger partial charge in [-0.25, -0.2) is 5.01 Å². The lowest BCUT2D eigenvalue weighted by Gasteiger charge is -2.22. The van der Waals surface area contributed by atoms with Gasteiger partial charge in [-0.3, -0.25) is 4.79 Å². The highest BCUT2D eigenvalue weighted by Crippen LogP contribution is 2.39. The van der Waals surface area contributed by atoms with E-state index in [-0.39, 0.29) is 18.7 Å². The summed E-state index contributed by atoms with van der Waals surface area (Å²) in [5.41, 5.74) is 3.51. The summed E-state index contributed by atoms with van der Waals surface area (Å²) in [6, 6.07) is 24.8. The summed E-state index contributed by atoms with van der Waals surface area (Å²) in [6.45, 7) is 0.224. The molecule has 0 N–H and O–H groups in total. The summed E-state index contributed by atoms with van der Waals surface area (Å²) in [4.78, 5) is 13.2. The summed E-state index contributed by atoms with van der Waals surface area (Å²) < 4.78 is 10.9. The van der Waals surface area contributed by atoms with Gasteiger partial charge in [-0.05, 0) is 35.4 Å². The number of hydrogen-bond donors (Lipinski definition) is 0. The van der Waals surface area contributed by atoms with Crippen molar-refractivity contribution in [1.82, 2.24) is 5.01 Å². The second-order valence-corrected chi connectivity index (χ2v) is 6.76. The quantitative estimate of drug-likeness (QED) is 0.686. The minimum Gasteiger partial charge on any atom is -0.454 e. The number of rotatable bonds is 3. The van der Waals surface area contributed by atoms with E-state index in [4.69, 9.17) is 14.6 Å². The fraction of sp³-hybridized carbons (Fsp3) is 0.130. The minimum atomic E-state index is -0.197. The average Bonchev–Trinajstić information content (AvgIpc) is 3.41. The highest BCUT2D eigenvalue weighted by atomic mass is 16.7. The van der Waals surface area contributed by atoms with Crippen molar-refractivity contribution in [3.8, 4) is 11.5 Å². The summed E-state index contributed by atoms with van der Waals surface area (Å²) >= 11 is 0. The molecule has 0 fully saturated rings. The van der Waals surface area contributed by atoms with Crippen molar-refractivity contribution in [2.24, 2.45) is 5.10 Å². The van der Waals surface area contributed by atoms with E-state index in [9.17, 15) is 4.79 Å². The molecule has 1 unspecified atom stereocenters. The van der Waals surface area contributed by atoms with E-state index in [0.717, 1.165) is 22.6 Å². The summed E-state index contributed by atoms with van der Waals surface area (Å²) in [7, 11) is 0. The van der Waals surface area contributed by atoms with Crippen LogP contribution in [0.25, 0.3) is 0 Å². The standard InChI is InChI=1S/C23H18N2O3/c26-23(17-9-5-2-6-10-17)25-20(14-19(24-25)16-7-3-1-4-8-16)18-11-12-21-22(13-18)28-15-27-21/h1-13,20H,14-15H2. The lowest BCUT2D eigenvalue weighted by atomic mass is 9.98. The van der Waals surface area contributed by atoms with Crippen LogP contribution >= 0.6 is 0 Å². The maximum absolute atomic E-state index is 13.2. The molecule has 3 aromatic carbocycles. The molecule has 2 aliphatic heterocycles. The van der Waals surface area contributed by atoms with E-state index in [1.165, 1.54) is 0 Å². The number of hydrogen-bond acceptors (Lipinski definition) is 4. The van der Waals surface area contributed by atoms with Crippen molar-refractivity contribution < 1.29 is 14.3 Å². The van der Waals surface area contributed by atoms with Gasteiger partial charge < -0.3 is 9.47 Å². The fourth-order valence-electron chi connectivity index (χ4n) is 3.60. The zero-order chi connectivity index (χ0) is 18.9. The number of ether oxygens (including phenoxy) is 2. The summed E-state index contributed by atoms with van der Waals surface area (Å²) in [6.07, 6.45) is 0.641. The molecule has 5 rings (SSSR count). The Labute approximate surface area is 162 Å². The first-order valence-electron chi connectivity index (χ1n) is 9.21. The monoisotopic (exact) mass is 370 g/mol. The van der Waals surface area contributed by atoms with Gasteiger partial charge in [0.2, 0.25) is 6.79 Å². The predicted molar refractivity (Wildman–Crippen MR) is 106 cm³/mol. The average molecular weight is 370 g/mol. The molecule has 0 spiro atoms. The zero-order valence-corrected chi connectivity index (χ0v) is 15.1. The first kappa shape index (κ1) is 16.6. The Balaban J connectivity index is 1.54. The molecule has 0 radical (unpaired) electrons. The Morgan fingerprint density at radius 2 is 1.61 bits per heavy atom. The SMILES string of the molecule is O=C(c1ccccc1)N1N=C(c2ccccc2)CC1c1ccc2c(c1)OCO2. The van der Waals surface area contributed by atoms with Crippen LogP contribution in [-0.2, 0) is 0 Å². The summed E-state index contributed by atoms with van der Waals surface area (Å²) in [5, 5.41) is 6.31. The first-order valence-corrected chi connectivity index (χ1v) is 9.21. The Bertz CT molecular complexity index is 1050. The predicted octanol–water partition coefficient (Wildman–Crippen LogP) is 4.41. The molecule has 0 saturated carbocycles. The Morgan fingerprint density at radius 1 is 0.893 bits per heavy atom. The molecule has 0 aromatic heterocycles. The van der Waals surface area contributed by atoms with Gasteiger partial charge in [0.05, 0.1) is 11.8 Å². The van der Waals surface area contributed by atoms with Gasteiger partial charge in [-0.2, -0.15) is 5.10 Å². The third-order valence-corrected chi connectivity index (χ3v) is 5.03. The molecule has 0 aliphatic carbocycles. The van der Waals surface area contributed by atoms with E-state index in [1.807, 2.05) is 78.9 Å². The number of carbonyl (C=O) groups is 1. The Morgan fingerprint density at radius 3 is 2.39 bits per heavy atom. The van der Waals surface area contributed by atoms with Crippen LogP contribution in [0.3, 0.4) is 0 Å². The van der Waals surface area contributed by atoms with Gasteiger partial charge in [0.1, 0.15) is 0 Å². The van der Waals surface area contributed by atoms with Crippen LogP contribution in [0.5, 0.6) is 11.5 Å². The molecule has 1 atom stereocenters. The van der Waals surface area contributed by atoms with E-state index >= 15 is 0 Å². The van der Waals surface area contributed by atoms with Crippen molar-refractivity contribution in [3.63, 3.8) is 0 Å². The third kappa shape index (κ3) is 2.91. The number of nitrogens with zero attached hydrogens (tertiary/aromatic N) is 2. The largest absolute Gasteiger partial charge is 0.454 e. The topological polar surface area (TPSA) is 51.1 Å². The van der Waals surface area contributed by atoms with Gasteiger partial charge in [0, 0.05) is 12.0 Å². The molecule has 0 bridgehead atoms. The van der Waals surface area contributed by atoms with Crippen molar-refractivity contribution in [3.05, 3.63) is 95.6 Å². The molecule has 28 heavy (non-hydrogen) atoms. The minimum absolute atomic E-state index is 0.116. The van der Waals surface area contributed by atoms with E-state index < -0.39 is 0 Å². The van der Waals surface area contributed by atoms with Crippen molar-refractivity contribution >= 4 is 11.6 Å². The molecule has 138 valence electrons. The third-order valence-electron chi connectivity index (χ3n) is 5.03.